The fourth-order valence-electron chi connectivity index (χ4n) is 3.61. The Kier molecular flexibility index (Phi) is 6.18. The highest BCUT2D eigenvalue weighted by Crippen LogP contribution is 2.27. The number of aromatic nitrogens is 3. The third-order valence-corrected chi connectivity index (χ3v) is 5.09. The number of amides is 1. The van der Waals surface area contributed by atoms with E-state index in [1.807, 2.05) is 12.1 Å². The van der Waals surface area contributed by atoms with Crippen LogP contribution in [0.3, 0.4) is 0 Å². The Balaban J connectivity index is 1.64. The van der Waals surface area contributed by atoms with Crippen LogP contribution >= 0.6 is 0 Å². The minimum Gasteiger partial charge on any atom is -0.478 e. The normalized spacial score (nSPS) is 10.6. The van der Waals surface area contributed by atoms with Crippen LogP contribution < -0.4 is 5.32 Å². The molecule has 3 N–H and O–H groups in total. The summed E-state index contributed by atoms with van der Waals surface area (Å²) in [6.45, 7) is 1.67. The number of nitrogens with zero attached hydrogens (tertiary/aromatic N) is 3. The average Bonchev–Trinajstić information content (AvgIpc) is 3.27. The lowest BCUT2D eigenvalue weighted by molar-refractivity contribution is -0.114. The fraction of sp³-hybridized carbons (Fsp3) is 0.0800. The van der Waals surface area contributed by atoms with Gasteiger partial charge in [0.25, 0.3) is 0 Å². The monoisotopic (exact) mass is 456 g/mol. The Labute approximate surface area is 194 Å². The quantitative estimate of drug-likeness (QED) is 0.382. The molecule has 4 aromatic rings. The second-order valence-corrected chi connectivity index (χ2v) is 7.63. The summed E-state index contributed by atoms with van der Waals surface area (Å²) in [6.07, 6.45) is 1.73. The lowest BCUT2D eigenvalue weighted by atomic mass is 9.96. The second kappa shape index (κ2) is 9.37. The molecule has 0 atom stereocenters. The van der Waals surface area contributed by atoms with Crippen LogP contribution in [0.5, 0.6) is 0 Å². The van der Waals surface area contributed by atoms with Gasteiger partial charge in [0.2, 0.25) is 5.91 Å². The highest BCUT2D eigenvalue weighted by Gasteiger charge is 2.15. The third-order valence-electron chi connectivity index (χ3n) is 5.09. The Hall–Kier alpha value is -4.79. The van der Waals surface area contributed by atoms with Gasteiger partial charge in [0, 0.05) is 18.2 Å². The molecule has 3 aromatic carbocycles. The van der Waals surface area contributed by atoms with Crippen molar-refractivity contribution in [3.8, 4) is 22.4 Å². The first-order chi connectivity index (χ1) is 16.3. The van der Waals surface area contributed by atoms with Crippen LogP contribution in [-0.2, 0) is 11.3 Å². The van der Waals surface area contributed by atoms with Gasteiger partial charge >= 0.3 is 11.9 Å². The molecule has 0 fully saturated rings. The zero-order chi connectivity index (χ0) is 24.2. The van der Waals surface area contributed by atoms with E-state index in [-0.39, 0.29) is 23.6 Å². The highest BCUT2D eigenvalue weighted by molar-refractivity contribution is 5.97. The first kappa shape index (κ1) is 22.4. The Morgan fingerprint density at radius 1 is 0.912 bits per heavy atom. The summed E-state index contributed by atoms with van der Waals surface area (Å²) in [6, 6.07) is 18.3. The first-order valence-electron chi connectivity index (χ1n) is 10.3. The maximum Gasteiger partial charge on any atom is 0.336 e. The zero-order valence-electron chi connectivity index (χ0n) is 18.1. The van der Waals surface area contributed by atoms with Gasteiger partial charge in [-0.15, -0.1) is 5.10 Å². The van der Waals surface area contributed by atoms with E-state index in [9.17, 15) is 24.6 Å². The zero-order valence-corrected chi connectivity index (χ0v) is 18.1. The van der Waals surface area contributed by atoms with Gasteiger partial charge in [-0.25, -0.2) is 14.3 Å². The van der Waals surface area contributed by atoms with Crippen molar-refractivity contribution < 1.29 is 24.6 Å². The van der Waals surface area contributed by atoms with E-state index in [4.69, 9.17) is 0 Å². The molecule has 1 amide bonds. The molecule has 0 radical (unpaired) electrons. The average molecular weight is 456 g/mol. The van der Waals surface area contributed by atoms with E-state index < -0.39 is 11.9 Å². The molecule has 0 aliphatic carbocycles. The minimum absolute atomic E-state index is 0.0431. The van der Waals surface area contributed by atoms with Gasteiger partial charge in [-0.1, -0.05) is 35.5 Å². The molecule has 1 aromatic heterocycles. The standard InChI is InChI=1S/C25H20N4O5/c1-15(30)26-20-8-6-17(7-9-20)23-14-29(28-27-23)13-16-10-18(12-19(11-16)24(31)32)21-4-2-3-5-22(21)25(33)34/h2-12,14H,13H2,1H3,(H,26,30)(H,31,32)(H,33,34). The number of aromatic carboxylic acids is 2. The van der Waals surface area contributed by atoms with Gasteiger partial charge < -0.3 is 15.5 Å². The first-order valence-corrected chi connectivity index (χ1v) is 10.3. The number of hydrogen-bond donors (Lipinski definition) is 3. The summed E-state index contributed by atoms with van der Waals surface area (Å²) in [7, 11) is 0. The number of hydrogen-bond acceptors (Lipinski definition) is 5. The summed E-state index contributed by atoms with van der Waals surface area (Å²) in [5.74, 6) is -2.37. The van der Waals surface area contributed by atoms with E-state index in [1.54, 1.807) is 47.3 Å². The maximum absolute atomic E-state index is 11.7. The molecule has 9 nitrogen and oxygen atoms in total. The van der Waals surface area contributed by atoms with Crippen molar-refractivity contribution in [2.24, 2.45) is 0 Å². The molecular weight excluding hydrogens is 436 g/mol. The fourth-order valence-corrected chi connectivity index (χ4v) is 3.61. The summed E-state index contributed by atoms with van der Waals surface area (Å²) < 4.78 is 1.57. The molecule has 34 heavy (non-hydrogen) atoms. The van der Waals surface area contributed by atoms with Crippen LogP contribution in [0.1, 0.15) is 33.2 Å². The minimum atomic E-state index is -1.12. The van der Waals surface area contributed by atoms with E-state index in [0.717, 1.165) is 5.56 Å². The highest BCUT2D eigenvalue weighted by atomic mass is 16.4. The number of carbonyl (C=O) groups is 3. The Morgan fingerprint density at radius 3 is 2.32 bits per heavy atom. The molecule has 0 unspecified atom stereocenters. The van der Waals surface area contributed by atoms with Gasteiger partial charge in [0.05, 0.1) is 23.9 Å². The van der Waals surface area contributed by atoms with Crippen molar-refractivity contribution in [3.05, 3.63) is 89.6 Å². The van der Waals surface area contributed by atoms with Gasteiger partial charge in [-0.2, -0.15) is 0 Å². The van der Waals surface area contributed by atoms with Gasteiger partial charge in [-0.05, 0) is 53.1 Å². The predicted octanol–water partition coefficient (Wildman–Crippen LogP) is 4.02. The van der Waals surface area contributed by atoms with Gasteiger partial charge in [0.15, 0.2) is 0 Å². The molecular formula is C25H20N4O5. The summed E-state index contributed by atoms with van der Waals surface area (Å²) in [4.78, 5) is 34.5. The van der Waals surface area contributed by atoms with E-state index in [0.29, 0.717) is 28.1 Å². The van der Waals surface area contributed by atoms with Crippen molar-refractivity contribution in [2.75, 3.05) is 5.32 Å². The third kappa shape index (κ3) is 4.99. The Morgan fingerprint density at radius 2 is 1.65 bits per heavy atom. The lowest BCUT2D eigenvalue weighted by Gasteiger charge is -2.10. The van der Waals surface area contributed by atoms with E-state index in [2.05, 4.69) is 15.6 Å². The van der Waals surface area contributed by atoms with Crippen molar-refractivity contribution >= 4 is 23.5 Å². The molecule has 1 heterocycles. The van der Waals surface area contributed by atoms with Crippen LogP contribution in [0.4, 0.5) is 5.69 Å². The van der Waals surface area contributed by atoms with Crippen molar-refractivity contribution in [1.29, 1.82) is 0 Å². The number of benzene rings is 3. The lowest BCUT2D eigenvalue weighted by Crippen LogP contribution is -2.05. The van der Waals surface area contributed by atoms with Crippen LogP contribution in [0.2, 0.25) is 0 Å². The molecule has 0 spiro atoms. The predicted molar refractivity (Wildman–Crippen MR) is 125 cm³/mol. The van der Waals surface area contributed by atoms with Crippen LogP contribution in [0.25, 0.3) is 22.4 Å². The SMILES string of the molecule is CC(=O)Nc1ccc(-c2cn(Cc3cc(C(=O)O)cc(-c4ccccc4C(=O)O)c3)nn2)cc1. The largest absolute Gasteiger partial charge is 0.478 e. The number of anilines is 1. The van der Waals surface area contributed by atoms with Crippen molar-refractivity contribution in [1.82, 2.24) is 15.0 Å². The Bertz CT molecular complexity index is 1390. The maximum atomic E-state index is 11.7. The van der Waals surface area contributed by atoms with E-state index >= 15 is 0 Å². The van der Waals surface area contributed by atoms with Crippen molar-refractivity contribution in [3.63, 3.8) is 0 Å². The molecule has 0 bridgehead atoms. The molecule has 0 saturated heterocycles. The number of nitrogens with one attached hydrogen (secondary N) is 1. The summed E-state index contributed by atoms with van der Waals surface area (Å²) in [5, 5.41) is 30.1. The second-order valence-electron chi connectivity index (χ2n) is 7.63. The number of carboxylic acids is 2. The molecule has 170 valence electrons. The van der Waals surface area contributed by atoms with Gasteiger partial charge in [-0.3, -0.25) is 4.79 Å². The summed E-state index contributed by atoms with van der Waals surface area (Å²) in [5.41, 5.74) is 3.76. The molecule has 9 heteroatoms. The van der Waals surface area contributed by atoms with Gasteiger partial charge in [0.1, 0.15) is 5.69 Å². The van der Waals surface area contributed by atoms with Crippen LogP contribution in [0, 0.1) is 0 Å². The molecule has 0 aliphatic rings. The number of carbonyl (C=O) groups excluding carboxylic acids is 1. The summed E-state index contributed by atoms with van der Waals surface area (Å²) >= 11 is 0. The molecule has 4 rings (SSSR count). The van der Waals surface area contributed by atoms with E-state index in [1.165, 1.54) is 25.1 Å². The topological polar surface area (TPSA) is 134 Å². The number of rotatable bonds is 7. The number of carboxylic acid groups (broad SMARTS) is 2. The van der Waals surface area contributed by atoms with Crippen LogP contribution in [0.15, 0.2) is 72.9 Å². The smallest absolute Gasteiger partial charge is 0.336 e. The molecule has 0 saturated carbocycles. The van der Waals surface area contributed by atoms with Crippen molar-refractivity contribution in [2.45, 2.75) is 13.5 Å². The molecule has 0 aliphatic heterocycles. The van der Waals surface area contributed by atoms with Crippen LogP contribution in [-0.4, -0.2) is 43.1 Å².